The second-order valence-corrected chi connectivity index (χ2v) is 9.99. The molecule has 0 saturated carbocycles. The van der Waals surface area contributed by atoms with Gasteiger partial charge in [0, 0.05) is 30.4 Å². The van der Waals surface area contributed by atoms with Crippen molar-refractivity contribution in [2.45, 2.75) is 30.7 Å². The SMILES string of the molecule is COc1ccc(NS(=O)(=O)c2ccc(C(=O)N3CCC(NC(=O)c4ccc(C)o4)CC3)cc2)cc1. The van der Waals surface area contributed by atoms with E-state index < -0.39 is 10.0 Å². The molecule has 0 atom stereocenters. The molecule has 1 aliphatic heterocycles. The summed E-state index contributed by atoms with van der Waals surface area (Å²) < 4.78 is 38.3. The summed E-state index contributed by atoms with van der Waals surface area (Å²) >= 11 is 0. The molecule has 0 bridgehead atoms. The topological polar surface area (TPSA) is 118 Å². The minimum absolute atomic E-state index is 0.0477. The smallest absolute Gasteiger partial charge is 0.287 e. The van der Waals surface area contributed by atoms with Crippen LogP contribution in [0.4, 0.5) is 5.69 Å². The first kappa shape index (κ1) is 24.3. The van der Waals surface area contributed by atoms with E-state index in [0.717, 1.165) is 0 Å². The van der Waals surface area contributed by atoms with Crippen molar-refractivity contribution >= 4 is 27.5 Å². The van der Waals surface area contributed by atoms with Gasteiger partial charge in [-0.3, -0.25) is 14.3 Å². The Kier molecular flexibility index (Phi) is 7.11. The highest BCUT2D eigenvalue weighted by Gasteiger charge is 2.26. The minimum atomic E-state index is -3.80. The Morgan fingerprint density at radius 2 is 1.63 bits per heavy atom. The summed E-state index contributed by atoms with van der Waals surface area (Å²) in [5.41, 5.74) is 0.810. The third-order valence-electron chi connectivity index (χ3n) is 5.84. The van der Waals surface area contributed by atoms with Gasteiger partial charge < -0.3 is 19.4 Å². The van der Waals surface area contributed by atoms with Crippen molar-refractivity contribution in [1.82, 2.24) is 10.2 Å². The molecule has 2 heterocycles. The van der Waals surface area contributed by atoms with Crippen molar-refractivity contribution in [3.8, 4) is 5.75 Å². The van der Waals surface area contributed by atoms with Gasteiger partial charge in [-0.15, -0.1) is 0 Å². The number of amides is 2. The molecule has 0 unspecified atom stereocenters. The number of rotatable bonds is 7. The summed E-state index contributed by atoms with van der Waals surface area (Å²) in [6, 6.07) is 15.7. The highest BCUT2D eigenvalue weighted by Crippen LogP contribution is 2.21. The van der Waals surface area contributed by atoms with E-state index in [-0.39, 0.29) is 28.5 Å². The van der Waals surface area contributed by atoms with E-state index in [2.05, 4.69) is 10.0 Å². The van der Waals surface area contributed by atoms with Crippen LogP contribution in [0, 0.1) is 6.92 Å². The molecule has 1 aromatic heterocycles. The van der Waals surface area contributed by atoms with Crippen LogP contribution >= 0.6 is 0 Å². The molecule has 0 radical (unpaired) electrons. The number of aryl methyl sites for hydroxylation is 1. The van der Waals surface area contributed by atoms with Gasteiger partial charge in [0.15, 0.2) is 5.76 Å². The maximum Gasteiger partial charge on any atom is 0.287 e. The molecule has 10 heteroatoms. The number of carbonyl (C=O) groups excluding carboxylic acids is 2. The zero-order valence-electron chi connectivity index (χ0n) is 19.5. The summed E-state index contributed by atoms with van der Waals surface area (Å²) in [7, 11) is -2.27. The predicted octanol–water partition coefficient (Wildman–Crippen LogP) is 3.43. The summed E-state index contributed by atoms with van der Waals surface area (Å²) in [5, 5.41) is 2.95. The van der Waals surface area contributed by atoms with E-state index in [4.69, 9.17) is 9.15 Å². The Balaban J connectivity index is 1.32. The Morgan fingerprint density at radius 3 is 2.20 bits per heavy atom. The molecule has 1 aliphatic rings. The second kappa shape index (κ2) is 10.2. The third-order valence-corrected chi connectivity index (χ3v) is 7.23. The van der Waals surface area contributed by atoms with Crippen LogP contribution in [0.25, 0.3) is 0 Å². The van der Waals surface area contributed by atoms with E-state index in [0.29, 0.717) is 48.7 Å². The highest BCUT2D eigenvalue weighted by molar-refractivity contribution is 7.92. The van der Waals surface area contributed by atoms with E-state index in [1.54, 1.807) is 48.2 Å². The lowest BCUT2D eigenvalue weighted by molar-refractivity contribution is 0.0695. The number of nitrogens with zero attached hydrogens (tertiary/aromatic N) is 1. The average Bonchev–Trinajstić information content (AvgIpc) is 3.31. The van der Waals surface area contributed by atoms with Crippen LogP contribution in [0.5, 0.6) is 5.75 Å². The fourth-order valence-electron chi connectivity index (χ4n) is 3.87. The number of furan rings is 1. The quantitative estimate of drug-likeness (QED) is 0.516. The number of nitrogens with one attached hydrogen (secondary N) is 2. The van der Waals surface area contributed by atoms with Crippen LogP contribution in [0.15, 0.2) is 70.0 Å². The molecule has 2 N–H and O–H groups in total. The molecule has 1 fully saturated rings. The number of ether oxygens (including phenoxy) is 1. The van der Waals surface area contributed by atoms with Crippen molar-refractivity contribution in [1.29, 1.82) is 0 Å². The maximum absolute atomic E-state index is 12.9. The molecular formula is C25H27N3O6S. The van der Waals surface area contributed by atoms with Crippen molar-refractivity contribution in [3.63, 3.8) is 0 Å². The predicted molar refractivity (Wildman–Crippen MR) is 130 cm³/mol. The zero-order chi connectivity index (χ0) is 25.0. The van der Waals surface area contributed by atoms with Gasteiger partial charge in [0.25, 0.3) is 21.8 Å². The first-order valence-electron chi connectivity index (χ1n) is 11.2. The molecule has 2 aromatic carbocycles. The standard InChI is InChI=1S/C25H27N3O6S/c1-17-3-12-23(34-17)24(29)26-19-13-15-28(16-14-19)25(30)18-4-10-22(11-5-18)35(31,32)27-20-6-8-21(33-2)9-7-20/h3-12,19,27H,13-16H2,1-2H3,(H,26,29). The molecular weight excluding hydrogens is 470 g/mol. The normalized spacial score (nSPS) is 14.4. The molecule has 9 nitrogen and oxygen atoms in total. The fourth-order valence-corrected chi connectivity index (χ4v) is 4.93. The van der Waals surface area contributed by atoms with Crippen molar-refractivity contribution in [2.24, 2.45) is 0 Å². The number of benzene rings is 2. The highest BCUT2D eigenvalue weighted by atomic mass is 32.2. The number of methoxy groups -OCH3 is 1. The van der Waals surface area contributed by atoms with Crippen LogP contribution in [0.3, 0.4) is 0 Å². The lowest BCUT2D eigenvalue weighted by Crippen LogP contribution is -2.46. The number of hydrogen-bond donors (Lipinski definition) is 2. The van der Waals surface area contributed by atoms with Crippen LogP contribution in [0.1, 0.15) is 39.5 Å². The van der Waals surface area contributed by atoms with E-state index >= 15 is 0 Å². The van der Waals surface area contributed by atoms with Gasteiger partial charge in [0.2, 0.25) is 0 Å². The van der Waals surface area contributed by atoms with Gasteiger partial charge in [-0.1, -0.05) is 0 Å². The van der Waals surface area contributed by atoms with Crippen LogP contribution in [0.2, 0.25) is 0 Å². The number of sulfonamides is 1. The first-order valence-corrected chi connectivity index (χ1v) is 12.7. The third kappa shape index (κ3) is 5.83. The van der Waals surface area contributed by atoms with Gasteiger partial charge in [0.1, 0.15) is 11.5 Å². The molecule has 3 aromatic rings. The van der Waals surface area contributed by atoms with Gasteiger partial charge in [-0.05, 0) is 80.4 Å². The summed E-state index contributed by atoms with van der Waals surface area (Å²) in [5.74, 6) is 1.13. The fraction of sp³-hybridized carbons (Fsp3) is 0.280. The van der Waals surface area contributed by atoms with Crippen molar-refractivity contribution in [3.05, 3.63) is 77.7 Å². The largest absolute Gasteiger partial charge is 0.497 e. The maximum atomic E-state index is 12.9. The number of carbonyl (C=O) groups is 2. The van der Waals surface area contributed by atoms with Crippen LogP contribution < -0.4 is 14.8 Å². The van der Waals surface area contributed by atoms with Gasteiger partial charge in [-0.2, -0.15) is 0 Å². The summed E-state index contributed by atoms with van der Waals surface area (Å²) in [4.78, 5) is 26.9. The zero-order valence-corrected chi connectivity index (χ0v) is 20.3. The van der Waals surface area contributed by atoms with Crippen molar-refractivity contribution in [2.75, 3.05) is 24.9 Å². The molecule has 4 rings (SSSR count). The monoisotopic (exact) mass is 497 g/mol. The van der Waals surface area contributed by atoms with E-state index in [1.807, 2.05) is 0 Å². The van der Waals surface area contributed by atoms with Crippen LogP contribution in [-0.4, -0.2) is 51.4 Å². The summed E-state index contributed by atoms with van der Waals surface area (Å²) in [6.07, 6.45) is 1.24. The Labute approximate surface area is 204 Å². The lowest BCUT2D eigenvalue weighted by Gasteiger charge is -2.32. The average molecular weight is 498 g/mol. The second-order valence-electron chi connectivity index (χ2n) is 8.31. The molecule has 0 spiro atoms. The Morgan fingerprint density at radius 1 is 0.971 bits per heavy atom. The number of piperidine rings is 1. The molecule has 2 amide bonds. The molecule has 0 aliphatic carbocycles. The van der Waals surface area contributed by atoms with Gasteiger partial charge in [-0.25, -0.2) is 8.42 Å². The Hall–Kier alpha value is -3.79. The van der Waals surface area contributed by atoms with Gasteiger partial charge >= 0.3 is 0 Å². The van der Waals surface area contributed by atoms with Crippen molar-refractivity contribution < 1.29 is 27.2 Å². The van der Waals surface area contributed by atoms with Crippen LogP contribution in [-0.2, 0) is 10.0 Å². The minimum Gasteiger partial charge on any atom is -0.497 e. The Bertz CT molecular complexity index is 1290. The first-order chi connectivity index (χ1) is 16.7. The van der Waals surface area contributed by atoms with Gasteiger partial charge in [0.05, 0.1) is 12.0 Å². The molecule has 184 valence electrons. The van der Waals surface area contributed by atoms with E-state index in [1.165, 1.54) is 31.4 Å². The summed E-state index contributed by atoms with van der Waals surface area (Å²) in [6.45, 7) is 2.75. The molecule has 35 heavy (non-hydrogen) atoms. The number of anilines is 1. The lowest BCUT2D eigenvalue weighted by atomic mass is 10.0. The number of likely N-dealkylation sites (tertiary alicyclic amines) is 1. The molecule has 1 saturated heterocycles. The van der Waals surface area contributed by atoms with E-state index in [9.17, 15) is 18.0 Å². The number of hydrogen-bond acceptors (Lipinski definition) is 6.